The fourth-order valence-corrected chi connectivity index (χ4v) is 4.11. The number of methoxy groups -OCH3 is 1. The van der Waals surface area contributed by atoms with Crippen molar-refractivity contribution in [2.45, 2.75) is 24.9 Å². The number of carbonyl (C=O) groups is 1. The molecule has 1 N–H and O–H groups in total. The molecule has 0 aliphatic heterocycles. The molecule has 0 saturated carbocycles. The quantitative estimate of drug-likeness (QED) is 0.593. The Bertz CT molecular complexity index is 933. The molecule has 142 valence electrons. The van der Waals surface area contributed by atoms with Crippen LogP contribution in [0, 0.1) is 0 Å². The van der Waals surface area contributed by atoms with Gasteiger partial charge in [-0.15, -0.1) is 21.5 Å². The number of hydrogen-bond donors (Lipinski definition) is 1. The van der Waals surface area contributed by atoms with E-state index >= 15 is 0 Å². The Hall–Kier alpha value is -2.32. The first-order valence-corrected chi connectivity index (χ1v) is 10.4. The van der Waals surface area contributed by atoms with Crippen LogP contribution in [0.15, 0.2) is 40.9 Å². The van der Waals surface area contributed by atoms with E-state index in [1.165, 1.54) is 16.6 Å². The van der Waals surface area contributed by atoms with Crippen molar-refractivity contribution in [3.05, 3.63) is 40.6 Å². The van der Waals surface area contributed by atoms with Crippen LogP contribution in [0.2, 0.25) is 0 Å². The van der Waals surface area contributed by atoms with Crippen LogP contribution >= 0.6 is 23.1 Å². The van der Waals surface area contributed by atoms with Gasteiger partial charge in [-0.25, -0.2) is 0 Å². The minimum Gasteiger partial charge on any atom is -0.497 e. The maximum absolute atomic E-state index is 12.2. The lowest BCUT2D eigenvalue weighted by Crippen LogP contribution is -2.14. The van der Waals surface area contributed by atoms with Crippen LogP contribution in [0.4, 0.5) is 5.69 Å². The molecule has 0 aliphatic rings. The summed E-state index contributed by atoms with van der Waals surface area (Å²) in [7, 11) is 3.52. The molecule has 8 heteroatoms. The summed E-state index contributed by atoms with van der Waals surface area (Å²) in [4.78, 5) is 13.5. The number of ether oxygens (including phenoxy) is 1. The molecule has 1 amide bonds. The highest BCUT2D eigenvalue weighted by atomic mass is 32.2. The van der Waals surface area contributed by atoms with Crippen LogP contribution in [0.3, 0.4) is 0 Å². The molecule has 0 aliphatic carbocycles. The van der Waals surface area contributed by atoms with Gasteiger partial charge in [-0.2, -0.15) is 0 Å². The minimum absolute atomic E-state index is 0.101. The van der Waals surface area contributed by atoms with Crippen LogP contribution in [-0.4, -0.2) is 33.5 Å². The zero-order chi connectivity index (χ0) is 19.4. The summed E-state index contributed by atoms with van der Waals surface area (Å²) in [6.07, 6.45) is 0. The van der Waals surface area contributed by atoms with Crippen molar-refractivity contribution in [2.75, 3.05) is 18.2 Å². The fourth-order valence-electron chi connectivity index (χ4n) is 2.49. The number of nitrogens with one attached hydrogen (secondary N) is 1. The second-order valence-corrected chi connectivity index (χ2v) is 8.21. The summed E-state index contributed by atoms with van der Waals surface area (Å²) in [5.41, 5.74) is 1.77. The Morgan fingerprint density at radius 1 is 1.33 bits per heavy atom. The molecular formula is C19H22N4O2S2. The van der Waals surface area contributed by atoms with E-state index in [0.717, 1.165) is 11.4 Å². The Balaban J connectivity index is 1.62. The highest BCUT2D eigenvalue weighted by Gasteiger charge is 2.15. The number of amides is 1. The van der Waals surface area contributed by atoms with Crippen molar-refractivity contribution in [3.63, 3.8) is 0 Å². The lowest BCUT2D eigenvalue weighted by atomic mass is 10.1. The molecule has 0 bridgehead atoms. The number of aromatic nitrogens is 3. The highest BCUT2D eigenvalue weighted by Crippen LogP contribution is 2.30. The lowest BCUT2D eigenvalue weighted by Gasteiger charge is -2.07. The number of thiophene rings is 1. The van der Waals surface area contributed by atoms with E-state index in [1.54, 1.807) is 24.5 Å². The topological polar surface area (TPSA) is 69.0 Å². The average molecular weight is 403 g/mol. The summed E-state index contributed by atoms with van der Waals surface area (Å²) in [5, 5.41) is 14.2. The molecule has 0 unspecified atom stereocenters. The molecule has 3 rings (SSSR count). The molecule has 0 fully saturated rings. The smallest absolute Gasteiger partial charge is 0.234 e. The van der Waals surface area contributed by atoms with Crippen LogP contribution in [-0.2, 0) is 11.8 Å². The van der Waals surface area contributed by atoms with Gasteiger partial charge in [0.1, 0.15) is 5.75 Å². The summed E-state index contributed by atoms with van der Waals surface area (Å²) >= 11 is 3.09. The molecule has 2 aromatic heterocycles. The van der Waals surface area contributed by atoms with E-state index in [1.807, 2.05) is 29.8 Å². The van der Waals surface area contributed by atoms with Crippen molar-refractivity contribution in [1.82, 2.24) is 14.8 Å². The number of carbonyl (C=O) groups excluding carboxylic acids is 1. The first-order chi connectivity index (χ1) is 13.0. The first kappa shape index (κ1) is 19.4. The van der Waals surface area contributed by atoms with Crippen LogP contribution in [0.5, 0.6) is 5.75 Å². The Labute approximate surface area is 167 Å². The summed E-state index contributed by atoms with van der Waals surface area (Å²) in [5.74, 6) is 2.16. The summed E-state index contributed by atoms with van der Waals surface area (Å²) < 4.78 is 7.09. The number of rotatable bonds is 7. The van der Waals surface area contributed by atoms with Gasteiger partial charge in [-0.1, -0.05) is 31.7 Å². The van der Waals surface area contributed by atoms with Gasteiger partial charge >= 0.3 is 0 Å². The molecule has 2 heterocycles. The largest absolute Gasteiger partial charge is 0.497 e. The zero-order valence-electron chi connectivity index (χ0n) is 15.7. The van der Waals surface area contributed by atoms with Crippen LogP contribution in [0.25, 0.3) is 11.4 Å². The standard InChI is InChI=1S/C19H22N4O2S2/c1-12(2)16-8-13(10-26-16)18-21-22-19(23(18)3)27-11-17(24)20-14-6-5-7-15(9-14)25-4/h5-10,12H,11H2,1-4H3,(H,20,24). The third-order valence-electron chi connectivity index (χ3n) is 3.97. The van der Waals surface area contributed by atoms with E-state index in [-0.39, 0.29) is 11.7 Å². The fraction of sp³-hybridized carbons (Fsp3) is 0.316. The molecule has 1 aromatic carbocycles. The normalized spacial score (nSPS) is 11.0. The molecule has 0 saturated heterocycles. The molecule has 6 nitrogen and oxygen atoms in total. The van der Waals surface area contributed by atoms with Gasteiger partial charge in [0, 0.05) is 34.6 Å². The maximum atomic E-state index is 12.2. The number of anilines is 1. The van der Waals surface area contributed by atoms with Crippen molar-refractivity contribution >= 4 is 34.7 Å². The molecule has 0 spiro atoms. The van der Waals surface area contributed by atoms with Crippen molar-refractivity contribution < 1.29 is 9.53 Å². The van der Waals surface area contributed by atoms with Gasteiger partial charge in [0.15, 0.2) is 11.0 Å². The van der Waals surface area contributed by atoms with Gasteiger partial charge in [-0.3, -0.25) is 4.79 Å². The monoisotopic (exact) mass is 402 g/mol. The van der Waals surface area contributed by atoms with E-state index in [4.69, 9.17) is 4.74 Å². The van der Waals surface area contributed by atoms with E-state index in [9.17, 15) is 4.79 Å². The Morgan fingerprint density at radius 3 is 2.85 bits per heavy atom. The summed E-state index contributed by atoms with van der Waals surface area (Å²) in [6.45, 7) is 4.35. The van der Waals surface area contributed by atoms with Crippen molar-refractivity contribution in [2.24, 2.45) is 7.05 Å². The number of hydrogen-bond acceptors (Lipinski definition) is 6. The predicted octanol–water partition coefficient (Wildman–Crippen LogP) is 4.41. The van der Waals surface area contributed by atoms with E-state index in [0.29, 0.717) is 22.5 Å². The summed E-state index contributed by atoms with van der Waals surface area (Å²) in [6, 6.07) is 9.44. The molecule has 3 aromatic rings. The van der Waals surface area contributed by atoms with E-state index in [2.05, 4.69) is 40.8 Å². The molecule has 0 radical (unpaired) electrons. The second kappa shape index (κ2) is 8.58. The Morgan fingerprint density at radius 2 is 2.15 bits per heavy atom. The van der Waals surface area contributed by atoms with Crippen molar-refractivity contribution in [1.29, 1.82) is 0 Å². The van der Waals surface area contributed by atoms with Gasteiger partial charge in [-0.05, 0) is 24.1 Å². The lowest BCUT2D eigenvalue weighted by molar-refractivity contribution is -0.113. The SMILES string of the molecule is COc1cccc(NC(=O)CSc2nnc(-c3csc(C(C)C)c3)n2C)c1. The zero-order valence-corrected chi connectivity index (χ0v) is 17.4. The maximum Gasteiger partial charge on any atom is 0.234 e. The van der Waals surface area contributed by atoms with Gasteiger partial charge in [0.05, 0.1) is 12.9 Å². The number of nitrogens with zero attached hydrogens (tertiary/aromatic N) is 3. The minimum atomic E-state index is -0.101. The van der Waals surface area contributed by atoms with Gasteiger partial charge in [0.25, 0.3) is 0 Å². The predicted molar refractivity (Wildman–Crippen MR) is 111 cm³/mol. The third-order valence-corrected chi connectivity index (χ3v) is 6.22. The van der Waals surface area contributed by atoms with E-state index < -0.39 is 0 Å². The first-order valence-electron chi connectivity index (χ1n) is 8.53. The molecular weight excluding hydrogens is 380 g/mol. The number of thioether (sulfide) groups is 1. The van der Waals surface area contributed by atoms with Crippen LogP contribution < -0.4 is 10.1 Å². The highest BCUT2D eigenvalue weighted by molar-refractivity contribution is 7.99. The van der Waals surface area contributed by atoms with Crippen LogP contribution in [0.1, 0.15) is 24.6 Å². The molecule has 27 heavy (non-hydrogen) atoms. The second-order valence-electron chi connectivity index (χ2n) is 6.33. The Kier molecular flexibility index (Phi) is 6.18. The van der Waals surface area contributed by atoms with Crippen molar-refractivity contribution in [3.8, 4) is 17.1 Å². The third kappa shape index (κ3) is 4.70. The average Bonchev–Trinajstić information content (AvgIpc) is 3.27. The number of benzene rings is 1. The van der Waals surface area contributed by atoms with Gasteiger partial charge in [0.2, 0.25) is 5.91 Å². The molecule has 0 atom stereocenters. The van der Waals surface area contributed by atoms with Gasteiger partial charge < -0.3 is 14.6 Å².